The third kappa shape index (κ3) is 13.5. The number of ketones is 1. The lowest BCUT2D eigenvalue weighted by molar-refractivity contribution is 0.0996. The summed E-state index contributed by atoms with van der Waals surface area (Å²) < 4.78 is 11.2. The number of aliphatic imine (C=N–C) groups is 1. The molecule has 0 bridgehead atoms. The van der Waals surface area contributed by atoms with Crippen LogP contribution in [0.2, 0.25) is 0 Å². The molecule has 85 heavy (non-hydrogen) atoms. The van der Waals surface area contributed by atoms with E-state index in [1.807, 2.05) is 83.1 Å². The van der Waals surface area contributed by atoms with Gasteiger partial charge < -0.3 is 25.6 Å². The molecule has 5 N–H and O–H groups in total. The second kappa shape index (κ2) is 25.5. The number of H-pyrrole nitrogens is 1. The van der Waals surface area contributed by atoms with Gasteiger partial charge in [0.2, 0.25) is 0 Å². The summed E-state index contributed by atoms with van der Waals surface area (Å²) in [6, 6.07) is 1.21. The summed E-state index contributed by atoms with van der Waals surface area (Å²) in [5.41, 5.74) is 22.3. The number of nitrogen functional groups attached to an aromatic ring is 2. The Morgan fingerprint density at radius 3 is 1.51 bits per heavy atom. The lowest BCUT2D eigenvalue weighted by atomic mass is 10.1. The van der Waals surface area contributed by atoms with Crippen LogP contribution >= 0.6 is 0 Å². The molecule has 450 valence electrons. The summed E-state index contributed by atoms with van der Waals surface area (Å²) in [6.45, 7) is 42.8. The number of nitrogens with zero attached hydrogens (tertiary/aromatic N) is 25. The Balaban J connectivity index is 0.000000146. The molecule has 12 heterocycles. The first-order valence-corrected chi connectivity index (χ1v) is 27.9. The number of aromatic amines is 1. The molecule has 0 spiro atoms. The quantitative estimate of drug-likeness (QED) is 0.146. The average molecular weight is 1160 g/mol. The maximum Gasteiger partial charge on any atom is 0.281 e. The van der Waals surface area contributed by atoms with E-state index in [9.17, 15) is 9.59 Å². The Morgan fingerprint density at radius 2 is 1.00 bits per heavy atom. The highest BCUT2D eigenvalue weighted by atomic mass is 16.1. The smallest absolute Gasteiger partial charge is 0.281 e. The van der Waals surface area contributed by atoms with Crippen LogP contribution in [-0.2, 0) is 5.54 Å². The molecule has 0 radical (unpaired) electrons. The van der Waals surface area contributed by atoms with Gasteiger partial charge in [0.05, 0.1) is 35.6 Å². The summed E-state index contributed by atoms with van der Waals surface area (Å²) in [4.78, 5) is 71.9. The van der Waals surface area contributed by atoms with Crippen LogP contribution in [-0.4, -0.2) is 136 Å². The molecule has 1 aliphatic rings. The molecule has 0 saturated heterocycles. The van der Waals surface area contributed by atoms with Crippen molar-refractivity contribution in [2.75, 3.05) is 11.5 Å². The number of aryl methyl sites for hydroxylation is 7. The second-order valence-corrected chi connectivity index (χ2v) is 22.7. The van der Waals surface area contributed by atoms with Crippen LogP contribution in [0.1, 0.15) is 183 Å². The summed E-state index contributed by atoms with van der Waals surface area (Å²) in [7, 11) is 0. The summed E-state index contributed by atoms with van der Waals surface area (Å²) >= 11 is 0. The van der Waals surface area contributed by atoms with E-state index in [1.54, 1.807) is 31.9 Å². The van der Waals surface area contributed by atoms with Crippen LogP contribution in [0.25, 0.3) is 55.7 Å². The molecule has 30 nitrogen and oxygen atoms in total. The summed E-state index contributed by atoms with van der Waals surface area (Å²) in [5.74, 6) is 4.55. The standard InChI is InChI=1S/C13H19N3.C12H18N4.C8H11N5O.C8H10N4O.2C7H10N6/c1-7(2)16-10(5)8(3)12-9(4)14-11(6)15-13(12)16;1-7-10-11(14-8(2)13-7)16(9(3)15-10)12(4,5)6;1-4(2)13-7-6(11-12-13)8(14)10-5(3)9-7;1-5(2)12-8-7(10-11-12)6(13)3-4-9-8;2*1-4(2)13-7-5(11-12-13)6(8)9-3-10-7/h7H,1-6H3;1-6H3;4H,1-3H3,(H,9,10,14);4-5H,3H2,1-2H3;2*3-4H,1-2H3,(H2,8,9,10). The van der Waals surface area contributed by atoms with Gasteiger partial charge in [-0.15, -0.1) is 20.4 Å². The van der Waals surface area contributed by atoms with Crippen molar-refractivity contribution in [1.82, 2.24) is 124 Å². The maximum atomic E-state index is 11.4. The average Bonchev–Trinajstić information content (AvgIpc) is 2.15. The molecule has 1 aliphatic heterocycles. The van der Waals surface area contributed by atoms with Gasteiger partial charge in [0.25, 0.3) is 5.56 Å². The zero-order valence-electron chi connectivity index (χ0n) is 52.5. The molecule has 0 atom stereocenters. The number of hydrogen-bond acceptors (Lipinski definition) is 23. The van der Waals surface area contributed by atoms with Gasteiger partial charge in [-0.05, 0) is 151 Å². The third-order valence-electron chi connectivity index (χ3n) is 13.3. The molecular weight excluding hydrogens is 1080 g/mol. The molecule has 0 fully saturated rings. The minimum absolute atomic E-state index is 0.00287. The van der Waals surface area contributed by atoms with E-state index in [2.05, 4.69) is 166 Å². The van der Waals surface area contributed by atoms with Crippen molar-refractivity contribution in [3.8, 4) is 0 Å². The summed E-state index contributed by atoms with van der Waals surface area (Å²) in [6.07, 6.45) is 4.77. The summed E-state index contributed by atoms with van der Waals surface area (Å²) in [5, 5.41) is 32.3. The fourth-order valence-electron chi connectivity index (χ4n) is 9.41. The molecule has 0 aliphatic carbocycles. The molecule has 11 aromatic heterocycles. The van der Waals surface area contributed by atoms with Crippen LogP contribution in [0.4, 0.5) is 17.5 Å². The third-order valence-corrected chi connectivity index (χ3v) is 13.3. The number of carbonyl (C=O) groups excluding carboxylic acids is 1. The highest BCUT2D eigenvalue weighted by Crippen LogP contribution is 2.30. The number of rotatable bonds is 5. The van der Waals surface area contributed by atoms with E-state index >= 15 is 0 Å². The molecule has 0 amide bonds. The number of anilines is 2. The number of fused-ring (bicyclic) bond motifs is 6. The molecule has 0 saturated carbocycles. The highest BCUT2D eigenvalue weighted by molar-refractivity contribution is 6.08. The van der Waals surface area contributed by atoms with Gasteiger partial charge in [-0.25, -0.2) is 73.6 Å². The SMILES string of the molecule is CC(C)n1nnc2c(N)ncnc21.CC(C)n1nnc2c(N)ncnc21.CC(C)n1nnc2c1N=CCC2=O.Cc1nc(C)c2c(C)c(C)n(C(C)C)c2n1.Cc1nc(C)c2nc(C)n(C(C)(C)C)c2n1.Cc1nc2c(nnn2C(C)C)c(=O)[nH]1. The van der Waals surface area contributed by atoms with Crippen molar-refractivity contribution in [1.29, 1.82) is 0 Å². The maximum absolute atomic E-state index is 11.4. The van der Waals surface area contributed by atoms with Gasteiger partial charge in [0.15, 0.2) is 68.1 Å². The second-order valence-electron chi connectivity index (χ2n) is 22.7. The van der Waals surface area contributed by atoms with Crippen LogP contribution in [0.3, 0.4) is 0 Å². The molecule has 30 heteroatoms. The van der Waals surface area contributed by atoms with E-state index in [1.165, 1.54) is 29.3 Å². The van der Waals surface area contributed by atoms with Crippen molar-refractivity contribution < 1.29 is 4.79 Å². The predicted molar refractivity (Wildman–Crippen MR) is 326 cm³/mol. The van der Waals surface area contributed by atoms with Gasteiger partial charge in [0, 0.05) is 35.3 Å². The predicted octanol–water partition coefficient (Wildman–Crippen LogP) is 8.07. The number of nitrogens with two attached hydrogens (primary N) is 2. The van der Waals surface area contributed by atoms with Gasteiger partial charge in [-0.3, -0.25) is 9.59 Å². The number of nitrogens with one attached hydrogen (secondary N) is 1. The minimum Gasteiger partial charge on any atom is -0.382 e. The van der Waals surface area contributed by atoms with Crippen molar-refractivity contribution in [3.63, 3.8) is 0 Å². The molecule has 12 rings (SSSR count). The van der Waals surface area contributed by atoms with Crippen molar-refractivity contribution in [2.45, 2.75) is 188 Å². The number of aromatic nitrogens is 25. The number of hydrogen-bond donors (Lipinski definition) is 3. The van der Waals surface area contributed by atoms with E-state index in [0.29, 0.717) is 74.9 Å². The lowest BCUT2D eigenvalue weighted by Gasteiger charge is -2.23. The molecule has 0 aromatic carbocycles. The van der Waals surface area contributed by atoms with Crippen LogP contribution in [0.15, 0.2) is 22.4 Å². The normalized spacial score (nSPS) is 12.2. The van der Waals surface area contributed by atoms with E-state index in [0.717, 1.165) is 45.7 Å². The Bertz CT molecular complexity index is 4180. The Kier molecular flexibility index (Phi) is 19.0. The topological polar surface area (TPSA) is 376 Å². The Labute approximate surface area is 490 Å². The van der Waals surface area contributed by atoms with Crippen molar-refractivity contribution >= 4 is 85.1 Å². The van der Waals surface area contributed by atoms with Crippen molar-refractivity contribution in [3.05, 3.63) is 74.6 Å². The molecule has 0 unspecified atom stereocenters. The zero-order valence-corrected chi connectivity index (χ0v) is 52.5. The first-order chi connectivity index (χ1) is 39.9. The van der Waals surface area contributed by atoms with Gasteiger partial charge in [-0.2, -0.15) is 0 Å². The first kappa shape index (κ1) is 63.1. The Hall–Kier alpha value is -9.51. The van der Waals surface area contributed by atoms with Crippen LogP contribution in [0, 0.1) is 55.4 Å². The largest absolute Gasteiger partial charge is 0.382 e. The zero-order chi connectivity index (χ0) is 62.7. The van der Waals surface area contributed by atoms with Crippen LogP contribution in [0.5, 0.6) is 0 Å². The fourth-order valence-corrected chi connectivity index (χ4v) is 9.41. The van der Waals surface area contributed by atoms with E-state index in [-0.39, 0.29) is 41.0 Å². The monoisotopic (exact) mass is 1160 g/mol. The first-order valence-electron chi connectivity index (χ1n) is 27.9. The van der Waals surface area contributed by atoms with E-state index in [4.69, 9.17) is 11.5 Å². The number of imidazole rings is 1. The van der Waals surface area contributed by atoms with Crippen LogP contribution < -0.4 is 17.0 Å². The van der Waals surface area contributed by atoms with Gasteiger partial charge in [-0.1, -0.05) is 20.9 Å². The highest BCUT2D eigenvalue weighted by Gasteiger charge is 2.24. The molecular formula is C55H78N28O2. The van der Waals surface area contributed by atoms with Crippen molar-refractivity contribution in [2.24, 2.45) is 4.99 Å². The molecule has 11 aromatic rings. The van der Waals surface area contributed by atoms with Gasteiger partial charge >= 0.3 is 0 Å². The van der Waals surface area contributed by atoms with E-state index < -0.39 is 0 Å². The minimum atomic E-state index is -0.237. The Morgan fingerprint density at radius 1 is 0.518 bits per heavy atom. The lowest BCUT2D eigenvalue weighted by Crippen LogP contribution is -2.23. The number of carbonyl (C=O) groups is 1. The van der Waals surface area contributed by atoms with Gasteiger partial charge in [0.1, 0.15) is 47.1 Å². The fraction of sp³-hybridized carbons (Fsp3) is 0.509. The number of Topliss-reactive ketones (excluding diaryl/α,β-unsaturated/α-hetero) is 1.